The third-order valence-electron chi connectivity index (χ3n) is 4.97. The summed E-state index contributed by atoms with van der Waals surface area (Å²) in [5.41, 5.74) is 2.65. The van der Waals surface area contributed by atoms with E-state index in [9.17, 15) is 0 Å². The van der Waals surface area contributed by atoms with E-state index >= 15 is 0 Å². The number of hydrogen-bond donors (Lipinski definition) is 1. The second-order valence-corrected chi connectivity index (χ2v) is 7.09. The molecule has 0 saturated carbocycles. The van der Waals surface area contributed by atoms with Crippen LogP contribution in [0.25, 0.3) is 0 Å². The Morgan fingerprint density at radius 1 is 1.22 bits per heavy atom. The van der Waals surface area contributed by atoms with Gasteiger partial charge in [0, 0.05) is 11.6 Å². The van der Waals surface area contributed by atoms with Gasteiger partial charge in [-0.3, -0.25) is 4.90 Å². The van der Waals surface area contributed by atoms with Gasteiger partial charge in [-0.25, -0.2) is 4.98 Å². The number of nitrogens with zero attached hydrogens (tertiary/aromatic N) is 4. The lowest BCUT2D eigenvalue weighted by Crippen LogP contribution is -2.24. The molecule has 0 bridgehead atoms. The third kappa shape index (κ3) is 2.92. The number of imidazole rings is 1. The molecule has 0 unspecified atom stereocenters. The summed E-state index contributed by atoms with van der Waals surface area (Å²) in [6.45, 7) is 5.96. The van der Waals surface area contributed by atoms with Crippen LogP contribution in [0.2, 0.25) is 0 Å². The Kier molecular flexibility index (Phi) is 3.93. The molecule has 0 aromatic carbocycles. The van der Waals surface area contributed by atoms with Crippen LogP contribution in [0.15, 0.2) is 4.52 Å². The van der Waals surface area contributed by atoms with Gasteiger partial charge in [-0.05, 0) is 45.1 Å². The zero-order chi connectivity index (χ0) is 15.8. The van der Waals surface area contributed by atoms with Crippen LogP contribution < -0.4 is 0 Å². The molecule has 2 aromatic heterocycles. The molecule has 1 fully saturated rings. The molecule has 2 aromatic rings. The maximum atomic E-state index is 5.33. The summed E-state index contributed by atoms with van der Waals surface area (Å²) in [5, 5.41) is 4.14. The molecule has 1 N–H and O–H groups in total. The van der Waals surface area contributed by atoms with Crippen LogP contribution in [-0.2, 0) is 19.4 Å². The summed E-state index contributed by atoms with van der Waals surface area (Å²) >= 11 is 0. The van der Waals surface area contributed by atoms with Crippen molar-refractivity contribution in [3.05, 3.63) is 28.9 Å². The van der Waals surface area contributed by atoms with E-state index in [0.717, 1.165) is 49.9 Å². The second kappa shape index (κ2) is 6.07. The molecule has 1 aliphatic heterocycles. The van der Waals surface area contributed by atoms with E-state index < -0.39 is 0 Å². The smallest absolute Gasteiger partial charge is 0.229 e. The number of nitrogens with one attached hydrogen (secondary N) is 1. The minimum Gasteiger partial charge on any atom is -0.344 e. The maximum absolute atomic E-state index is 5.33. The molecule has 1 saturated heterocycles. The SMILES string of the molecule is CC(C)c1nc(CN2CCC[C@@H]2c2nc3c([nH]2)CCCC3)no1. The molecule has 2 aliphatic rings. The predicted octanol–water partition coefficient (Wildman–Crippen LogP) is 3.13. The fraction of sp³-hybridized carbons (Fsp3) is 0.706. The van der Waals surface area contributed by atoms with Crippen molar-refractivity contribution in [2.75, 3.05) is 6.54 Å². The van der Waals surface area contributed by atoms with E-state index in [1.54, 1.807) is 0 Å². The summed E-state index contributed by atoms with van der Waals surface area (Å²) in [4.78, 5) is 15.4. The average molecular weight is 315 g/mol. The molecule has 1 atom stereocenters. The highest BCUT2D eigenvalue weighted by Gasteiger charge is 2.30. The Morgan fingerprint density at radius 3 is 2.87 bits per heavy atom. The van der Waals surface area contributed by atoms with Crippen molar-refractivity contribution in [1.82, 2.24) is 25.0 Å². The van der Waals surface area contributed by atoms with E-state index in [1.807, 2.05) is 0 Å². The summed E-state index contributed by atoms with van der Waals surface area (Å²) < 4.78 is 5.33. The van der Waals surface area contributed by atoms with Gasteiger partial charge in [0.1, 0.15) is 5.82 Å². The first kappa shape index (κ1) is 14.9. The van der Waals surface area contributed by atoms with Gasteiger partial charge < -0.3 is 9.51 Å². The van der Waals surface area contributed by atoms with Gasteiger partial charge in [0.2, 0.25) is 5.89 Å². The van der Waals surface area contributed by atoms with Crippen LogP contribution in [0.5, 0.6) is 0 Å². The van der Waals surface area contributed by atoms with Crippen LogP contribution in [0, 0.1) is 0 Å². The fourth-order valence-corrected chi connectivity index (χ4v) is 3.71. The zero-order valence-electron chi connectivity index (χ0n) is 14.0. The van der Waals surface area contributed by atoms with E-state index in [2.05, 4.69) is 33.9 Å². The standard InChI is InChI=1S/C17H25N5O/c1-11(2)17-20-15(21-23-17)10-22-9-5-8-14(22)16-18-12-6-3-4-7-13(12)19-16/h11,14H,3-10H2,1-2H3,(H,18,19)/t14-/m1/s1. The summed E-state index contributed by atoms with van der Waals surface area (Å²) in [7, 11) is 0. The van der Waals surface area contributed by atoms with Crippen molar-refractivity contribution >= 4 is 0 Å². The first-order chi connectivity index (χ1) is 11.2. The molecule has 3 heterocycles. The van der Waals surface area contributed by atoms with Crippen molar-refractivity contribution in [3.8, 4) is 0 Å². The summed E-state index contributed by atoms with van der Waals surface area (Å²) in [5.74, 6) is 2.94. The van der Waals surface area contributed by atoms with Gasteiger partial charge >= 0.3 is 0 Å². The first-order valence-electron chi connectivity index (χ1n) is 8.85. The van der Waals surface area contributed by atoms with E-state index in [0.29, 0.717) is 6.04 Å². The lowest BCUT2D eigenvalue weighted by Gasteiger charge is -2.20. The number of hydrogen-bond acceptors (Lipinski definition) is 5. The van der Waals surface area contributed by atoms with Gasteiger partial charge in [-0.1, -0.05) is 19.0 Å². The molecular formula is C17H25N5O. The first-order valence-corrected chi connectivity index (χ1v) is 8.85. The summed E-state index contributed by atoms with van der Waals surface area (Å²) in [6, 6.07) is 0.363. The maximum Gasteiger partial charge on any atom is 0.229 e. The number of aryl methyl sites for hydroxylation is 2. The Balaban J connectivity index is 1.50. The Bertz CT molecular complexity index is 651. The lowest BCUT2D eigenvalue weighted by atomic mass is 10.0. The van der Waals surface area contributed by atoms with E-state index in [1.165, 1.54) is 30.7 Å². The quantitative estimate of drug-likeness (QED) is 0.938. The number of aromatic nitrogens is 4. The Morgan fingerprint density at radius 2 is 2.09 bits per heavy atom. The van der Waals surface area contributed by atoms with Crippen LogP contribution in [0.3, 0.4) is 0 Å². The van der Waals surface area contributed by atoms with Gasteiger partial charge in [0.05, 0.1) is 18.3 Å². The molecule has 6 nitrogen and oxygen atoms in total. The molecule has 0 spiro atoms. The predicted molar refractivity (Wildman–Crippen MR) is 86.0 cm³/mol. The number of fused-ring (bicyclic) bond motifs is 1. The number of likely N-dealkylation sites (tertiary alicyclic amines) is 1. The highest BCUT2D eigenvalue weighted by molar-refractivity contribution is 5.19. The van der Waals surface area contributed by atoms with Crippen molar-refractivity contribution in [2.45, 2.75) is 70.9 Å². The van der Waals surface area contributed by atoms with Crippen molar-refractivity contribution < 1.29 is 4.52 Å². The molecular weight excluding hydrogens is 290 g/mol. The Labute approximate surface area is 136 Å². The van der Waals surface area contributed by atoms with Crippen LogP contribution in [0.4, 0.5) is 0 Å². The van der Waals surface area contributed by atoms with Gasteiger partial charge in [0.25, 0.3) is 0 Å². The van der Waals surface area contributed by atoms with Gasteiger partial charge in [0.15, 0.2) is 5.82 Å². The van der Waals surface area contributed by atoms with Crippen LogP contribution in [0.1, 0.15) is 80.4 Å². The van der Waals surface area contributed by atoms with Gasteiger partial charge in [-0.2, -0.15) is 4.98 Å². The zero-order valence-corrected chi connectivity index (χ0v) is 14.0. The fourth-order valence-electron chi connectivity index (χ4n) is 3.71. The largest absolute Gasteiger partial charge is 0.344 e. The monoisotopic (exact) mass is 315 g/mol. The molecule has 124 valence electrons. The third-order valence-corrected chi connectivity index (χ3v) is 4.97. The number of rotatable bonds is 4. The highest BCUT2D eigenvalue weighted by atomic mass is 16.5. The van der Waals surface area contributed by atoms with E-state index in [-0.39, 0.29) is 5.92 Å². The molecule has 0 radical (unpaired) electrons. The summed E-state index contributed by atoms with van der Waals surface area (Å²) in [6.07, 6.45) is 7.18. The topological polar surface area (TPSA) is 70.8 Å². The molecule has 0 amide bonds. The number of H-pyrrole nitrogens is 1. The molecule has 23 heavy (non-hydrogen) atoms. The average Bonchev–Trinajstić information content (AvgIpc) is 3.25. The second-order valence-electron chi connectivity index (χ2n) is 7.09. The van der Waals surface area contributed by atoms with Crippen LogP contribution >= 0.6 is 0 Å². The van der Waals surface area contributed by atoms with Crippen molar-refractivity contribution in [1.29, 1.82) is 0 Å². The van der Waals surface area contributed by atoms with Crippen molar-refractivity contribution in [2.24, 2.45) is 0 Å². The van der Waals surface area contributed by atoms with E-state index in [4.69, 9.17) is 9.51 Å². The van der Waals surface area contributed by atoms with Crippen LogP contribution in [-0.4, -0.2) is 31.6 Å². The lowest BCUT2D eigenvalue weighted by molar-refractivity contribution is 0.230. The minimum absolute atomic E-state index is 0.280. The highest BCUT2D eigenvalue weighted by Crippen LogP contribution is 2.33. The minimum atomic E-state index is 0.280. The van der Waals surface area contributed by atoms with Gasteiger partial charge in [-0.15, -0.1) is 0 Å². The normalized spacial score (nSPS) is 22.0. The molecule has 4 rings (SSSR count). The van der Waals surface area contributed by atoms with Crippen molar-refractivity contribution in [3.63, 3.8) is 0 Å². The molecule has 1 aliphatic carbocycles. The Hall–Kier alpha value is -1.69. The molecule has 6 heteroatoms. The number of aromatic amines is 1.